The number of nitrogens with zero attached hydrogens (tertiary/aromatic N) is 3. The summed E-state index contributed by atoms with van der Waals surface area (Å²) in [5, 5.41) is 0. The molecule has 2 unspecified atom stereocenters. The van der Waals surface area contributed by atoms with Gasteiger partial charge in [-0.15, -0.1) is 0 Å². The van der Waals surface area contributed by atoms with Crippen LogP contribution in [0.4, 0.5) is 5.82 Å². The highest BCUT2D eigenvalue weighted by Gasteiger charge is 2.40. The molecule has 4 heteroatoms. The Morgan fingerprint density at radius 2 is 2.24 bits per heavy atom. The monoisotopic (exact) mass is 231 g/mol. The summed E-state index contributed by atoms with van der Waals surface area (Å²) in [4.78, 5) is 11.7. The Labute approximate surface area is 101 Å². The summed E-state index contributed by atoms with van der Waals surface area (Å²) in [5.74, 6) is 2.81. The molecule has 0 amide bonds. The molecule has 3 aliphatic rings. The maximum Gasteiger partial charge on any atom is 0.134 e. The van der Waals surface area contributed by atoms with Gasteiger partial charge in [0.1, 0.15) is 11.6 Å². The zero-order chi connectivity index (χ0) is 11.4. The van der Waals surface area contributed by atoms with Crippen LogP contribution < -0.4 is 4.90 Å². The van der Waals surface area contributed by atoms with Gasteiger partial charge in [0.2, 0.25) is 0 Å². The molecule has 2 atom stereocenters. The van der Waals surface area contributed by atoms with E-state index >= 15 is 0 Å². The lowest BCUT2D eigenvalue weighted by molar-refractivity contribution is 0.0988. The van der Waals surface area contributed by atoms with Crippen LogP contribution in [0.3, 0.4) is 0 Å². The number of aryl methyl sites for hydroxylation is 1. The van der Waals surface area contributed by atoms with E-state index in [0.717, 1.165) is 30.5 Å². The van der Waals surface area contributed by atoms with E-state index in [0.29, 0.717) is 18.1 Å². The van der Waals surface area contributed by atoms with Gasteiger partial charge in [-0.25, -0.2) is 9.97 Å². The van der Waals surface area contributed by atoms with E-state index < -0.39 is 0 Å². The average Bonchev–Trinajstić information content (AvgIpc) is 2.97. The molecule has 1 aromatic heterocycles. The van der Waals surface area contributed by atoms with Gasteiger partial charge < -0.3 is 9.64 Å². The summed E-state index contributed by atoms with van der Waals surface area (Å²) in [7, 11) is 0. The molecular formula is C13H17N3O. The molecule has 0 aromatic carbocycles. The summed E-state index contributed by atoms with van der Waals surface area (Å²) in [5.41, 5.74) is 1.10. The number of morpholine rings is 1. The standard InChI is InChI=1S/C13H17N3O/c1-8-4-12(15-13(14-8)9-2-3-9)16-6-11-5-10(16)7-17-11/h4,9-11H,2-3,5-7H2,1H3. The predicted octanol–water partition coefficient (Wildman–Crippen LogP) is 1.64. The minimum absolute atomic E-state index is 0.430. The third-order valence-electron chi connectivity index (χ3n) is 4.00. The van der Waals surface area contributed by atoms with Crippen LogP contribution in [0.2, 0.25) is 0 Å². The van der Waals surface area contributed by atoms with E-state index in [1.165, 1.54) is 19.3 Å². The van der Waals surface area contributed by atoms with Gasteiger partial charge in [-0.05, 0) is 26.2 Å². The molecule has 3 fully saturated rings. The van der Waals surface area contributed by atoms with Gasteiger partial charge in [-0.1, -0.05) is 0 Å². The molecule has 2 saturated heterocycles. The normalized spacial score (nSPS) is 31.2. The Morgan fingerprint density at radius 1 is 1.35 bits per heavy atom. The lowest BCUT2D eigenvalue weighted by Crippen LogP contribution is -2.37. The third kappa shape index (κ3) is 1.62. The second kappa shape index (κ2) is 3.42. The van der Waals surface area contributed by atoms with Gasteiger partial charge in [0.15, 0.2) is 0 Å². The summed E-state index contributed by atoms with van der Waals surface area (Å²) in [6.45, 7) is 3.94. The van der Waals surface area contributed by atoms with Crippen LogP contribution in [0.5, 0.6) is 0 Å². The van der Waals surface area contributed by atoms with Gasteiger partial charge in [0, 0.05) is 24.2 Å². The minimum atomic E-state index is 0.430. The molecule has 1 aliphatic carbocycles. The van der Waals surface area contributed by atoms with Gasteiger partial charge in [-0.2, -0.15) is 0 Å². The molecule has 90 valence electrons. The van der Waals surface area contributed by atoms with Crippen LogP contribution in [0.1, 0.15) is 36.7 Å². The molecule has 4 rings (SSSR count). The van der Waals surface area contributed by atoms with E-state index in [-0.39, 0.29) is 0 Å². The Hall–Kier alpha value is -1.16. The maximum absolute atomic E-state index is 5.64. The van der Waals surface area contributed by atoms with Crippen molar-refractivity contribution in [3.8, 4) is 0 Å². The number of aromatic nitrogens is 2. The second-order valence-corrected chi connectivity index (χ2v) is 5.50. The Bertz CT molecular complexity index is 458. The first-order valence-corrected chi connectivity index (χ1v) is 6.53. The smallest absolute Gasteiger partial charge is 0.134 e. The SMILES string of the molecule is Cc1cc(N2CC3CC2CO3)nc(C2CC2)n1. The highest BCUT2D eigenvalue weighted by Crippen LogP contribution is 2.39. The zero-order valence-corrected chi connectivity index (χ0v) is 10.1. The topological polar surface area (TPSA) is 38.2 Å². The number of anilines is 1. The fourth-order valence-corrected chi connectivity index (χ4v) is 2.93. The number of hydrogen-bond donors (Lipinski definition) is 0. The molecule has 4 nitrogen and oxygen atoms in total. The fourth-order valence-electron chi connectivity index (χ4n) is 2.93. The largest absolute Gasteiger partial charge is 0.374 e. The van der Waals surface area contributed by atoms with Crippen molar-refractivity contribution in [2.45, 2.75) is 44.2 Å². The number of hydrogen-bond acceptors (Lipinski definition) is 4. The Kier molecular flexibility index (Phi) is 1.98. The number of rotatable bonds is 2. The van der Waals surface area contributed by atoms with Crippen LogP contribution in [0, 0.1) is 6.92 Å². The molecule has 0 spiro atoms. The Morgan fingerprint density at radius 3 is 2.88 bits per heavy atom. The molecule has 0 N–H and O–H groups in total. The Balaban J connectivity index is 1.68. The first kappa shape index (κ1) is 9.83. The molecule has 17 heavy (non-hydrogen) atoms. The molecule has 3 heterocycles. The minimum Gasteiger partial charge on any atom is -0.374 e. The van der Waals surface area contributed by atoms with Crippen LogP contribution >= 0.6 is 0 Å². The highest BCUT2D eigenvalue weighted by atomic mass is 16.5. The van der Waals surface area contributed by atoms with Crippen LogP contribution in [-0.2, 0) is 4.74 Å². The number of fused-ring (bicyclic) bond motifs is 2. The quantitative estimate of drug-likeness (QED) is 0.775. The summed E-state index contributed by atoms with van der Waals surface area (Å²) in [6.07, 6.45) is 4.12. The lowest BCUT2D eigenvalue weighted by Gasteiger charge is -2.28. The second-order valence-electron chi connectivity index (χ2n) is 5.50. The molecule has 2 aliphatic heterocycles. The molecule has 0 radical (unpaired) electrons. The van der Waals surface area contributed by atoms with Crippen LogP contribution in [0.25, 0.3) is 0 Å². The van der Waals surface area contributed by atoms with E-state index in [1.54, 1.807) is 0 Å². The first-order valence-electron chi connectivity index (χ1n) is 6.53. The summed E-state index contributed by atoms with van der Waals surface area (Å²) in [6, 6.07) is 2.66. The summed E-state index contributed by atoms with van der Waals surface area (Å²) >= 11 is 0. The van der Waals surface area contributed by atoms with Crippen LogP contribution in [0.15, 0.2) is 6.07 Å². The van der Waals surface area contributed by atoms with Crippen molar-refractivity contribution >= 4 is 5.82 Å². The molecule has 1 saturated carbocycles. The predicted molar refractivity (Wildman–Crippen MR) is 64.2 cm³/mol. The maximum atomic E-state index is 5.64. The van der Waals surface area contributed by atoms with Crippen molar-refractivity contribution in [3.05, 3.63) is 17.6 Å². The molecule has 1 aromatic rings. The third-order valence-corrected chi connectivity index (χ3v) is 4.00. The zero-order valence-electron chi connectivity index (χ0n) is 10.1. The lowest BCUT2D eigenvalue weighted by atomic mass is 10.2. The average molecular weight is 231 g/mol. The van der Waals surface area contributed by atoms with E-state index in [4.69, 9.17) is 9.72 Å². The van der Waals surface area contributed by atoms with Gasteiger partial charge in [0.25, 0.3) is 0 Å². The van der Waals surface area contributed by atoms with Crippen molar-refractivity contribution in [1.29, 1.82) is 0 Å². The van der Waals surface area contributed by atoms with Crippen molar-refractivity contribution in [2.75, 3.05) is 18.1 Å². The highest BCUT2D eigenvalue weighted by molar-refractivity contribution is 5.44. The van der Waals surface area contributed by atoms with Crippen LogP contribution in [-0.4, -0.2) is 35.3 Å². The molecule has 2 bridgehead atoms. The fraction of sp³-hybridized carbons (Fsp3) is 0.692. The van der Waals surface area contributed by atoms with Gasteiger partial charge >= 0.3 is 0 Å². The van der Waals surface area contributed by atoms with Crippen molar-refractivity contribution in [3.63, 3.8) is 0 Å². The van der Waals surface area contributed by atoms with E-state index in [9.17, 15) is 0 Å². The van der Waals surface area contributed by atoms with Gasteiger partial charge in [-0.3, -0.25) is 0 Å². The first-order chi connectivity index (χ1) is 8.29. The number of ether oxygens (including phenoxy) is 1. The van der Waals surface area contributed by atoms with Crippen molar-refractivity contribution in [1.82, 2.24) is 9.97 Å². The van der Waals surface area contributed by atoms with Crippen molar-refractivity contribution < 1.29 is 4.74 Å². The van der Waals surface area contributed by atoms with Crippen molar-refractivity contribution in [2.24, 2.45) is 0 Å². The van der Waals surface area contributed by atoms with E-state index in [1.807, 2.05) is 0 Å². The molecular weight excluding hydrogens is 214 g/mol. The summed E-state index contributed by atoms with van der Waals surface area (Å²) < 4.78 is 5.64. The van der Waals surface area contributed by atoms with E-state index in [2.05, 4.69) is 22.9 Å². The van der Waals surface area contributed by atoms with Gasteiger partial charge in [0.05, 0.1) is 18.8 Å².